The smallest absolute Gasteiger partial charge is 0.263 e. The van der Waals surface area contributed by atoms with Crippen LogP contribution in [0.1, 0.15) is 6.42 Å². The van der Waals surface area contributed by atoms with Crippen molar-refractivity contribution in [1.29, 1.82) is 0 Å². The van der Waals surface area contributed by atoms with Gasteiger partial charge >= 0.3 is 0 Å². The highest BCUT2D eigenvalue weighted by Gasteiger charge is 2.34. The number of amides is 1. The number of hydrogen-bond donors (Lipinski definition) is 1. The first-order valence-electron chi connectivity index (χ1n) is 7.92. The Kier molecular flexibility index (Phi) is 4.93. The number of benzene rings is 1. The average Bonchev–Trinajstić information content (AvgIpc) is 3.10. The predicted molar refractivity (Wildman–Crippen MR) is 92.9 cm³/mol. The summed E-state index contributed by atoms with van der Waals surface area (Å²) in [6.07, 6.45) is 6.25. The molecule has 2 heterocycles. The van der Waals surface area contributed by atoms with Gasteiger partial charge in [-0.2, -0.15) is 0 Å². The molecule has 2 aromatic rings. The van der Waals surface area contributed by atoms with Gasteiger partial charge in [-0.15, -0.1) is 0 Å². The minimum Gasteiger partial charge on any atom is -0.476 e. The lowest BCUT2D eigenvalue weighted by molar-refractivity contribution is -0.127. The molecule has 1 atom stereocenters. The second-order valence-corrected chi connectivity index (χ2v) is 7.72. The number of fused-ring (bicyclic) bond motifs is 1. The summed E-state index contributed by atoms with van der Waals surface area (Å²) >= 11 is 0. The number of anilines is 1. The second kappa shape index (κ2) is 7.14. The van der Waals surface area contributed by atoms with Crippen LogP contribution in [0.2, 0.25) is 0 Å². The third-order valence-corrected chi connectivity index (χ3v) is 5.03. The van der Waals surface area contributed by atoms with Crippen molar-refractivity contribution < 1.29 is 17.9 Å². The number of hydrogen-bond acceptors (Lipinski definition) is 5. The van der Waals surface area contributed by atoms with Crippen molar-refractivity contribution >= 4 is 21.6 Å². The molecule has 25 heavy (non-hydrogen) atoms. The maximum Gasteiger partial charge on any atom is 0.263 e. The molecule has 1 aliphatic heterocycles. The molecule has 0 spiro atoms. The molecule has 9 heteroatoms. The van der Waals surface area contributed by atoms with E-state index in [0.717, 1.165) is 19.2 Å². The molecule has 0 saturated heterocycles. The van der Waals surface area contributed by atoms with E-state index in [1.54, 1.807) is 36.8 Å². The number of ether oxygens (including phenoxy) is 1. The van der Waals surface area contributed by atoms with Crippen LogP contribution in [-0.4, -0.2) is 49.3 Å². The van der Waals surface area contributed by atoms with E-state index in [4.69, 9.17) is 4.74 Å². The highest BCUT2D eigenvalue weighted by molar-refractivity contribution is 7.92. The van der Waals surface area contributed by atoms with E-state index in [1.165, 1.54) is 4.31 Å². The monoisotopic (exact) mass is 364 g/mol. The van der Waals surface area contributed by atoms with Gasteiger partial charge in [-0.1, -0.05) is 12.1 Å². The van der Waals surface area contributed by atoms with Crippen molar-refractivity contribution in [3.8, 4) is 5.75 Å². The number of carbonyl (C=O) groups is 1. The van der Waals surface area contributed by atoms with Crippen molar-refractivity contribution in [1.82, 2.24) is 14.9 Å². The van der Waals surface area contributed by atoms with Crippen LogP contribution in [0.5, 0.6) is 5.75 Å². The fraction of sp³-hybridized carbons (Fsp3) is 0.375. The van der Waals surface area contributed by atoms with Gasteiger partial charge in [-0.3, -0.25) is 9.10 Å². The molecule has 3 rings (SSSR count). The van der Waals surface area contributed by atoms with E-state index in [-0.39, 0.29) is 12.5 Å². The van der Waals surface area contributed by atoms with Gasteiger partial charge in [0.1, 0.15) is 5.75 Å². The van der Waals surface area contributed by atoms with Crippen molar-refractivity contribution in [3.63, 3.8) is 0 Å². The summed E-state index contributed by atoms with van der Waals surface area (Å²) in [7, 11) is -3.50. The molecule has 1 aliphatic rings. The first-order chi connectivity index (χ1) is 11.9. The van der Waals surface area contributed by atoms with Gasteiger partial charge in [0, 0.05) is 25.5 Å². The Morgan fingerprint density at radius 2 is 2.20 bits per heavy atom. The van der Waals surface area contributed by atoms with Crippen LogP contribution >= 0.6 is 0 Å². The summed E-state index contributed by atoms with van der Waals surface area (Å²) in [4.78, 5) is 16.3. The standard InChI is InChI=1S/C16H20N4O4S/c1-25(22,23)20-11-15(24-14-6-3-2-5-13(14)20)16(21)18-7-4-9-19-10-8-17-12-19/h2-3,5-6,8,10,12,15H,4,7,9,11H2,1H3,(H,18,21)/t15-/m1/s1. The second-order valence-electron chi connectivity index (χ2n) is 5.81. The molecule has 134 valence electrons. The molecular formula is C16H20N4O4S. The average molecular weight is 364 g/mol. The Hall–Kier alpha value is -2.55. The minimum absolute atomic E-state index is 0.0385. The summed E-state index contributed by atoms with van der Waals surface area (Å²) in [6.45, 7) is 1.17. The lowest BCUT2D eigenvalue weighted by Gasteiger charge is -2.33. The number of nitrogens with zero attached hydrogens (tertiary/aromatic N) is 3. The van der Waals surface area contributed by atoms with Gasteiger partial charge in [0.15, 0.2) is 6.10 Å². The molecule has 1 aromatic carbocycles. The van der Waals surface area contributed by atoms with Crippen molar-refractivity contribution in [3.05, 3.63) is 43.0 Å². The number of para-hydroxylation sites is 2. The lowest BCUT2D eigenvalue weighted by atomic mass is 10.2. The number of rotatable bonds is 6. The van der Waals surface area contributed by atoms with E-state index in [1.807, 2.05) is 10.8 Å². The number of sulfonamides is 1. The number of aromatic nitrogens is 2. The van der Waals surface area contributed by atoms with E-state index in [9.17, 15) is 13.2 Å². The van der Waals surface area contributed by atoms with Gasteiger partial charge in [-0.05, 0) is 18.6 Å². The highest BCUT2D eigenvalue weighted by Crippen LogP contribution is 2.34. The van der Waals surface area contributed by atoms with E-state index in [2.05, 4.69) is 10.3 Å². The predicted octanol–water partition coefficient (Wildman–Crippen LogP) is 0.617. The lowest BCUT2D eigenvalue weighted by Crippen LogP contribution is -2.50. The third-order valence-electron chi connectivity index (χ3n) is 3.88. The molecule has 0 saturated carbocycles. The first-order valence-corrected chi connectivity index (χ1v) is 9.77. The summed E-state index contributed by atoms with van der Waals surface area (Å²) in [6, 6.07) is 6.79. The van der Waals surface area contributed by atoms with E-state index < -0.39 is 16.1 Å². The number of imidazole rings is 1. The molecule has 1 amide bonds. The summed E-state index contributed by atoms with van der Waals surface area (Å²) in [5.74, 6) is 0.0616. The highest BCUT2D eigenvalue weighted by atomic mass is 32.2. The van der Waals surface area contributed by atoms with Crippen molar-refractivity contribution in [2.45, 2.75) is 19.1 Å². The molecule has 0 radical (unpaired) electrons. The molecule has 1 N–H and O–H groups in total. The Morgan fingerprint density at radius 1 is 1.40 bits per heavy atom. The van der Waals surface area contributed by atoms with E-state index >= 15 is 0 Å². The molecular weight excluding hydrogens is 344 g/mol. The van der Waals surface area contributed by atoms with Gasteiger partial charge in [0.25, 0.3) is 5.91 Å². The maximum absolute atomic E-state index is 12.4. The molecule has 0 unspecified atom stereocenters. The molecule has 0 aliphatic carbocycles. The van der Waals surface area contributed by atoms with Gasteiger partial charge in [-0.25, -0.2) is 13.4 Å². The van der Waals surface area contributed by atoms with Gasteiger partial charge in [0.2, 0.25) is 10.0 Å². The van der Waals surface area contributed by atoms with Gasteiger partial charge in [0.05, 0.1) is 24.8 Å². The van der Waals surface area contributed by atoms with Crippen LogP contribution in [0, 0.1) is 0 Å². The topological polar surface area (TPSA) is 93.5 Å². The Balaban J connectivity index is 1.61. The zero-order chi connectivity index (χ0) is 17.9. The maximum atomic E-state index is 12.4. The van der Waals surface area contributed by atoms with Crippen LogP contribution in [0.15, 0.2) is 43.0 Å². The summed E-state index contributed by atoms with van der Waals surface area (Å²) in [5.41, 5.74) is 0.453. The van der Waals surface area contributed by atoms with Crippen LogP contribution < -0.4 is 14.4 Å². The van der Waals surface area contributed by atoms with Crippen LogP contribution in [0.4, 0.5) is 5.69 Å². The zero-order valence-corrected chi connectivity index (χ0v) is 14.6. The molecule has 0 fully saturated rings. The fourth-order valence-electron chi connectivity index (χ4n) is 2.66. The quantitative estimate of drug-likeness (QED) is 0.759. The van der Waals surface area contributed by atoms with E-state index in [0.29, 0.717) is 18.0 Å². The number of carbonyl (C=O) groups excluding carboxylic acids is 1. The number of nitrogens with one attached hydrogen (secondary N) is 1. The summed E-state index contributed by atoms with van der Waals surface area (Å²) < 4.78 is 32.9. The Labute approximate surface area is 146 Å². The molecule has 8 nitrogen and oxygen atoms in total. The molecule has 1 aromatic heterocycles. The third kappa shape index (κ3) is 4.11. The first kappa shape index (κ1) is 17.3. The Bertz CT molecular complexity index is 836. The summed E-state index contributed by atoms with van der Waals surface area (Å²) in [5, 5.41) is 2.80. The van der Waals surface area contributed by atoms with Crippen LogP contribution in [0.25, 0.3) is 0 Å². The fourth-order valence-corrected chi connectivity index (χ4v) is 3.57. The molecule has 0 bridgehead atoms. The van der Waals surface area contributed by atoms with Crippen LogP contribution in [-0.2, 0) is 21.4 Å². The van der Waals surface area contributed by atoms with Gasteiger partial charge < -0.3 is 14.6 Å². The zero-order valence-electron chi connectivity index (χ0n) is 13.8. The van der Waals surface area contributed by atoms with Crippen LogP contribution in [0.3, 0.4) is 0 Å². The normalized spacial score (nSPS) is 16.8. The minimum atomic E-state index is -3.50. The van der Waals surface area contributed by atoms with Crippen molar-refractivity contribution in [2.75, 3.05) is 23.7 Å². The SMILES string of the molecule is CS(=O)(=O)N1C[C@H](C(=O)NCCCn2ccnc2)Oc2ccccc21. The number of aryl methyl sites for hydroxylation is 1. The largest absolute Gasteiger partial charge is 0.476 e. The van der Waals surface area contributed by atoms with Crippen molar-refractivity contribution in [2.24, 2.45) is 0 Å². The Morgan fingerprint density at radius 3 is 2.92 bits per heavy atom.